The zero-order valence-corrected chi connectivity index (χ0v) is 12.7. The lowest BCUT2D eigenvalue weighted by atomic mass is 9.71. The predicted octanol–water partition coefficient (Wildman–Crippen LogP) is 3.70. The smallest absolute Gasteiger partial charge is 0.0480 e. The Morgan fingerprint density at radius 1 is 0.833 bits per heavy atom. The summed E-state index contributed by atoms with van der Waals surface area (Å²) in [5, 5.41) is 0. The molecule has 0 N–H and O–H groups in total. The van der Waals surface area contributed by atoms with Crippen molar-refractivity contribution in [2.24, 2.45) is 11.3 Å². The Morgan fingerprint density at radius 3 is 1.83 bits per heavy atom. The molecule has 1 heterocycles. The van der Waals surface area contributed by atoms with Gasteiger partial charge in [-0.25, -0.2) is 0 Å². The maximum atomic E-state index is 5.47. The Morgan fingerprint density at radius 2 is 1.33 bits per heavy atom. The number of nitrogens with zero attached hydrogens (tertiary/aromatic N) is 1. The predicted molar refractivity (Wildman–Crippen MR) is 76.8 cm³/mol. The summed E-state index contributed by atoms with van der Waals surface area (Å²) < 4.78 is 5.47. The van der Waals surface area contributed by atoms with E-state index in [4.69, 9.17) is 4.74 Å². The van der Waals surface area contributed by atoms with Gasteiger partial charge in [-0.1, -0.05) is 20.8 Å². The third-order valence-electron chi connectivity index (χ3n) is 5.26. The van der Waals surface area contributed by atoms with E-state index < -0.39 is 0 Å². The highest BCUT2D eigenvalue weighted by Gasteiger charge is 2.33. The van der Waals surface area contributed by atoms with Gasteiger partial charge in [0.05, 0.1) is 0 Å². The second kappa shape index (κ2) is 5.92. The number of rotatable bonds is 2. The fraction of sp³-hybridized carbons (Fsp3) is 1.00. The topological polar surface area (TPSA) is 12.5 Å². The van der Waals surface area contributed by atoms with Crippen LogP contribution in [0.2, 0.25) is 0 Å². The first-order chi connectivity index (χ1) is 8.48. The molecular weight excluding hydrogens is 222 g/mol. The average molecular weight is 253 g/mol. The molecule has 18 heavy (non-hydrogen) atoms. The van der Waals surface area contributed by atoms with Gasteiger partial charge in [0.25, 0.3) is 0 Å². The molecule has 1 saturated heterocycles. The highest BCUT2D eigenvalue weighted by Crippen LogP contribution is 2.39. The minimum atomic E-state index is 0.502. The van der Waals surface area contributed by atoms with Crippen molar-refractivity contribution in [2.75, 3.05) is 20.3 Å². The maximum absolute atomic E-state index is 5.47. The summed E-state index contributed by atoms with van der Waals surface area (Å²) in [4.78, 5) is 2.67. The van der Waals surface area contributed by atoms with E-state index in [-0.39, 0.29) is 0 Å². The summed E-state index contributed by atoms with van der Waals surface area (Å²) in [7, 11) is 2.35. The molecule has 0 aromatic heterocycles. The summed E-state index contributed by atoms with van der Waals surface area (Å²) in [6, 6.07) is 1.60. The van der Waals surface area contributed by atoms with Crippen molar-refractivity contribution < 1.29 is 4.74 Å². The number of hydrogen-bond donors (Lipinski definition) is 0. The quantitative estimate of drug-likeness (QED) is 0.744. The van der Waals surface area contributed by atoms with E-state index in [0.717, 1.165) is 31.2 Å². The van der Waals surface area contributed by atoms with E-state index in [2.05, 4.69) is 32.7 Å². The molecule has 0 bridgehead atoms. The van der Waals surface area contributed by atoms with Gasteiger partial charge in [0.2, 0.25) is 0 Å². The lowest BCUT2D eigenvalue weighted by Crippen LogP contribution is -2.45. The van der Waals surface area contributed by atoms with Crippen LogP contribution in [0.4, 0.5) is 0 Å². The molecule has 0 aromatic rings. The lowest BCUT2D eigenvalue weighted by molar-refractivity contribution is 0.0135. The van der Waals surface area contributed by atoms with Gasteiger partial charge in [0.1, 0.15) is 0 Å². The largest absolute Gasteiger partial charge is 0.381 e. The van der Waals surface area contributed by atoms with Gasteiger partial charge < -0.3 is 9.64 Å². The Balaban J connectivity index is 1.81. The molecule has 0 amide bonds. The van der Waals surface area contributed by atoms with Crippen LogP contribution in [-0.4, -0.2) is 37.2 Å². The number of ether oxygens (including phenoxy) is 1. The highest BCUT2D eigenvalue weighted by molar-refractivity contribution is 4.86. The summed E-state index contributed by atoms with van der Waals surface area (Å²) in [6.07, 6.45) is 8.10. The van der Waals surface area contributed by atoms with Gasteiger partial charge in [-0.2, -0.15) is 0 Å². The van der Waals surface area contributed by atoms with Crippen LogP contribution in [-0.2, 0) is 4.74 Å². The molecule has 2 fully saturated rings. The van der Waals surface area contributed by atoms with Crippen molar-refractivity contribution in [2.45, 2.75) is 71.4 Å². The molecule has 2 heteroatoms. The average Bonchev–Trinajstić information content (AvgIpc) is 2.38. The van der Waals surface area contributed by atoms with Crippen LogP contribution in [0.25, 0.3) is 0 Å². The van der Waals surface area contributed by atoms with E-state index in [1.165, 1.54) is 38.5 Å². The Hall–Kier alpha value is -0.0800. The van der Waals surface area contributed by atoms with E-state index in [9.17, 15) is 0 Å². The maximum Gasteiger partial charge on any atom is 0.0480 e. The standard InChI is InChI=1S/C16H31NO/c1-16(2,3)13-5-7-14(8-6-13)17(4)15-9-11-18-12-10-15/h13-15H,5-12H2,1-4H3. The summed E-state index contributed by atoms with van der Waals surface area (Å²) >= 11 is 0. The molecule has 106 valence electrons. The van der Waals surface area contributed by atoms with Gasteiger partial charge in [0, 0.05) is 25.3 Å². The Labute approximate surface area is 113 Å². The lowest BCUT2D eigenvalue weighted by Gasteiger charge is -2.43. The van der Waals surface area contributed by atoms with E-state index >= 15 is 0 Å². The van der Waals surface area contributed by atoms with Crippen molar-refractivity contribution in [1.82, 2.24) is 4.90 Å². The van der Waals surface area contributed by atoms with Crippen molar-refractivity contribution in [1.29, 1.82) is 0 Å². The van der Waals surface area contributed by atoms with E-state index in [1.807, 2.05) is 0 Å². The van der Waals surface area contributed by atoms with Gasteiger partial charge >= 0.3 is 0 Å². The molecule has 0 atom stereocenters. The zero-order valence-electron chi connectivity index (χ0n) is 12.7. The van der Waals surface area contributed by atoms with Crippen molar-refractivity contribution >= 4 is 0 Å². The van der Waals surface area contributed by atoms with Gasteiger partial charge in [0.15, 0.2) is 0 Å². The highest BCUT2D eigenvalue weighted by atomic mass is 16.5. The van der Waals surface area contributed by atoms with Crippen LogP contribution in [0.3, 0.4) is 0 Å². The van der Waals surface area contributed by atoms with Crippen molar-refractivity contribution in [3.63, 3.8) is 0 Å². The second-order valence-corrected chi connectivity index (χ2v) is 7.38. The van der Waals surface area contributed by atoms with Crippen LogP contribution in [0.1, 0.15) is 59.3 Å². The van der Waals surface area contributed by atoms with Crippen LogP contribution in [0.15, 0.2) is 0 Å². The third-order valence-corrected chi connectivity index (χ3v) is 5.26. The molecule has 1 aliphatic carbocycles. The van der Waals surface area contributed by atoms with Crippen LogP contribution in [0.5, 0.6) is 0 Å². The molecule has 2 aliphatic rings. The first-order valence-electron chi connectivity index (χ1n) is 7.78. The van der Waals surface area contributed by atoms with E-state index in [0.29, 0.717) is 5.41 Å². The summed E-state index contributed by atoms with van der Waals surface area (Å²) in [5.74, 6) is 0.928. The monoisotopic (exact) mass is 253 g/mol. The molecule has 0 unspecified atom stereocenters. The van der Waals surface area contributed by atoms with Crippen molar-refractivity contribution in [3.8, 4) is 0 Å². The van der Waals surface area contributed by atoms with Crippen LogP contribution >= 0.6 is 0 Å². The second-order valence-electron chi connectivity index (χ2n) is 7.38. The summed E-state index contributed by atoms with van der Waals surface area (Å²) in [5.41, 5.74) is 0.502. The van der Waals surface area contributed by atoms with Gasteiger partial charge in [-0.3, -0.25) is 0 Å². The van der Waals surface area contributed by atoms with E-state index in [1.54, 1.807) is 0 Å². The van der Waals surface area contributed by atoms with Crippen LogP contribution in [0, 0.1) is 11.3 Å². The fourth-order valence-electron chi connectivity index (χ4n) is 3.74. The molecule has 1 aliphatic heterocycles. The minimum absolute atomic E-state index is 0.502. The van der Waals surface area contributed by atoms with Gasteiger partial charge in [-0.15, -0.1) is 0 Å². The molecule has 0 aromatic carbocycles. The molecule has 2 nitrogen and oxygen atoms in total. The SMILES string of the molecule is CN(C1CCOCC1)C1CCC(C(C)(C)C)CC1. The Kier molecular flexibility index (Phi) is 4.71. The normalized spacial score (nSPS) is 31.8. The van der Waals surface area contributed by atoms with Crippen LogP contribution < -0.4 is 0 Å². The first-order valence-corrected chi connectivity index (χ1v) is 7.78. The molecule has 1 saturated carbocycles. The van der Waals surface area contributed by atoms with Gasteiger partial charge in [-0.05, 0) is 56.9 Å². The molecule has 0 spiro atoms. The molecular formula is C16H31NO. The Bertz CT molecular complexity index is 244. The number of hydrogen-bond acceptors (Lipinski definition) is 2. The minimum Gasteiger partial charge on any atom is -0.381 e. The third kappa shape index (κ3) is 3.48. The molecule has 0 radical (unpaired) electrons. The van der Waals surface area contributed by atoms with Crippen molar-refractivity contribution in [3.05, 3.63) is 0 Å². The summed E-state index contributed by atoms with van der Waals surface area (Å²) in [6.45, 7) is 9.14. The fourth-order valence-corrected chi connectivity index (χ4v) is 3.74. The first kappa shape index (κ1) is 14.3. The zero-order chi connectivity index (χ0) is 13.2. The molecule has 2 rings (SSSR count).